The zero-order valence-corrected chi connectivity index (χ0v) is 10.5. The number of nitrogens with one attached hydrogen (secondary N) is 1. The predicted molar refractivity (Wildman–Crippen MR) is 65.7 cm³/mol. The van der Waals surface area contributed by atoms with Gasteiger partial charge in [0.05, 0.1) is 5.56 Å². The molecule has 1 saturated heterocycles. The number of halogens is 4. The SMILES string of the molecule is FC(Cc1cccc(C(F)(F)F)c1)C1CCCCN1. The Morgan fingerprint density at radius 3 is 2.68 bits per heavy atom. The number of piperidine rings is 1. The molecule has 0 amide bonds. The largest absolute Gasteiger partial charge is 0.416 e. The Kier molecular flexibility index (Phi) is 4.45. The van der Waals surface area contributed by atoms with E-state index < -0.39 is 17.9 Å². The highest BCUT2D eigenvalue weighted by atomic mass is 19.4. The Morgan fingerprint density at radius 2 is 2.05 bits per heavy atom. The zero-order valence-electron chi connectivity index (χ0n) is 10.5. The molecule has 0 radical (unpaired) electrons. The Bertz CT molecular complexity index is 410. The lowest BCUT2D eigenvalue weighted by atomic mass is 9.95. The summed E-state index contributed by atoms with van der Waals surface area (Å²) < 4.78 is 51.7. The van der Waals surface area contributed by atoms with Crippen molar-refractivity contribution in [3.8, 4) is 0 Å². The summed E-state index contributed by atoms with van der Waals surface area (Å²) >= 11 is 0. The second kappa shape index (κ2) is 5.90. The Balaban J connectivity index is 2.02. The standard InChI is InChI=1S/C14H17F4N/c15-12(13-6-1-2-7-19-13)9-10-4-3-5-11(8-10)14(16,17)18/h3-5,8,12-13,19H,1-2,6-7,9H2. The minimum Gasteiger partial charge on any atom is -0.311 e. The van der Waals surface area contributed by atoms with E-state index in [0.717, 1.165) is 37.9 Å². The van der Waals surface area contributed by atoms with E-state index in [-0.39, 0.29) is 12.5 Å². The molecular formula is C14H17F4N. The third-order valence-corrected chi connectivity index (χ3v) is 3.47. The van der Waals surface area contributed by atoms with Crippen molar-refractivity contribution in [2.75, 3.05) is 6.54 Å². The molecular weight excluding hydrogens is 258 g/mol. The van der Waals surface area contributed by atoms with Crippen LogP contribution >= 0.6 is 0 Å². The summed E-state index contributed by atoms with van der Waals surface area (Å²) in [7, 11) is 0. The number of hydrogen-bond acceptors (Lipinski definition) is 1. The first-order valence-corrected chi connectivity index (χ1v) is 6.50. The molecule has 1 fully saturated rings. The van der Waals surface area contributed by atoms with E-state index in [0.29, 0.717) is 5.56 Å². The van der Waals surface area contributed by atoms with Gasteiger partial charge in [-0.15, -0.1) is 0 Å². The molecule has 0 saturated carbocycles. The normalized spacial score (nSPS) is 22.2. The highest BCUT2D eigenvalue weighted by molar-refractivity contribution is 5.26. The van der Waals surface area contributed by atoms with Crippen LogP contribution in [0.1, 0.15) is 30.4 Å². The van der Waals surface area contributed by atoms with Gasteiger partial charge in [0.15, 0.2) is 0 Å². The first kappa shape index (κ1) is 14.3. The Labute approximate surface area is 110 Å². The Morgan fingerprint density at radius 1 is 1.26 bits per heavy atom. The molecule has 2 unspecified atom stereocenters. The molecule has 106 valence electrons. The topological polar surface area (TPSA) is 12.0 Å². The first-order chi connectivity index (χ1) is 8.97. The van der Waals surface area contributed by atoms with Crippen molar-refractivity contribution < 1.29 is 17.6 Å². The number of hydrogen-bond donors (Lipinski definition) is 1. The molecule has 1 aliphatic rings. The lowest BCUT2D eigenvalue weighted by molar-refractivity contribution is -0.137. The number of alkyl halides is 4. The minimum atomic E-state index is -4.37. The molecule has 2 rings (SSSR count). The van der Waals surface area contributed by atoms with Crippen LogP contribution in [0.25, 0.3) is 0 Å². The molecule has 2 atom stereocenters. The van der Waals surface area contributed by atoms with Crippen molar-refractivity contribution in [3.05, 3.63) is 35.4 Å². The molecule has 5 heteroatoms. The molecule has 1 aliphatic heterocycles. The van der Waals surface area contributed by atoms with Crippen LogP contribution in [-0.2, 0) is 12.6 Å². The van der Waals surface area contributed by atoms with E-state index in [1.54, 1.807) is 6.07 Å². The van der Waals surface area contributed by atoms with Crippen molar-refractivity contribution in [2.24, 2.45) is 0 Å². The fourth-order valence-corrected chi connectivity index (χ4v) is 2.43. The molecule has 1 heterocycles. The highest BCUT2D eigenvalue weighted by Gasteiger charge is 2.31. The van der Waals surface area contributed by atoms with Crippen LogP contribution in [0.3, 0.4) is 0 Å². The quantitative estimate of drug-likeness (QED) is 0.829. The maximum atomic E-state index is 14.1. The second-order valence-electron chi connectivity index (χ2n) is 4.97. The van der Waals surface area contributed by atoms with E-state index in [2.05, 4.69) is 5.32 Å². The van der Waals surface area contributed by atoms with Crippen molar-refractivity contribution in [1.82, 2.24) is 5.32 Å². The highest BCUT2D eigenvalue weighted by Crippen LogP contribution is 2.30. The van der Waals surface area contributed by atoms with E-state index in [4.69, 9.17) is 0 Å². The molecule has 1 nitrogen and oxygen atoms in total. The van der Waals surface area contributed by atoms with Crippen molar-refractivity contribution in [2.45, 2.75) is 44.1 Å². The van der Waals surface area contributed by atoms with E-state index in [1.165, 1.54) is 6.07 Å². The van der Waals surface area contributed by atoms with Crippen molar-refractivity contribution >= 4 is 0 Å². The van der Waals surface area contributed by atoms with E-state index in [9.17, 15) is 17.6 Å². The smallest absolute Gasteiger partial charge is 0.311 e. The number of rotatable bonds is 3. The monoisotopic (exact) mass is 275 g/mol. The maximum Gasteiger partial charge on any atom is 0.416 e. The fraction of sp³-hybridized carbons (Fsp3) is 0.571. The molecule has 1 aromatic carbocycles. The Hall–Kier alpha value is -1.10. The molecule has 0 spiro atoms. The summed E-state index contributed by atoms with van der Waals surface area (Å²) in [6, 6.07) is 4.69. The second-order valence-corrected chi connectivity index (χ2v) is 4.97. The fourth-order valence-electron chi connectivity index (χ4n) is 2.43. The van der Waals surface area contributed by atoms with Gasteiger partial charge in [-0.3, -0.25) is 0 Å². The van der Waals surface area contributed by atoms with Crippen LogP contribution in [0.15, 0.2) is 24.3 Å². The summed E-state index contributed by atoms with van der Waals surface area (Å²) in [6.07, 6.45) is -2.72. The zero-order chi connectivity index (χ0) is 13.9. The van der Waals surface area contributed by atoms with E-state index in [1.807, 2.05) is 0 Å². The van der Waals surface area contributed by atoms with Crippen LogP contribution in [0, 0.1) is 0 Å². The summed E-state index contributed by atoms with van der Waals surface area (Å²) in [4.78, 5) is 0. The lowest BCUT2D eigenvalue weighted by Crippen LogP contribution is -2.42. The van der Waals surface area contributed by atoms with Crippen molar-refractivity contribution in [1.29, 1.82) is 0 Å². The maximum absolute atomic E-state index is 14.1. The molecule has 1 aromatic rings. The van der Waals surface area contributed by atoms with E-state index >= 15 is 0 Å². The van der Waals surface area contributed by atoms with Gasteiger partial charge >= 0.3 is 6.18 Å². The van der Waals surface area contributed by atoms with Gasteiger partial charge in [0.1, 0.15) is 6.17 Å². The molecule has 1 N–H and O–H groups in total. The van der Waals surface area contributed by atoms with Gasteiger partial charge in [0.25, 0.3) is 0 Å². The number of benzene rings is 1. The van der Waals surface area contributed by atoms with Gasteiger partial charge in [0.2, 0.25) is 0 Å². The summed E-state index contributed by atoms with van der Waals surface area (Å²) in [5, 5.41) is 3.09. The third kappa shape index (κ3) is 3.93. The molecule has 0 aliphatic carbocycles. The summed E-state index contributed by atoms with van der Waals surface area (Å²) in [6.45, 7) is 0.785. The average molecular weight is 275 g/mol. The van der Waals surface area contributed by atoms with Gasteiger partial charge in [0, 0.05) is 12.5 Å². The van der Waals surface area contributed by atoms with Gasteiger partial charge < -0.3 is 5.32 Å². The van der Waals surface area contributed by atoms with Crippen LogP contribution in [-0.4, -0.2) is 18.8 Å². The molecule has 0 bridgehead atoms. The van der Waals surface area contributed by atoms with Gasteiger partial charge in [-0.05, 0) is 31.0 Å². The third-order valence-electron chi connectivity index (χ3n) is 3.47. The first-order valence-electron chi connectivity index (χ1n) is 6.50. The minimum absolute atomic E-state index is 0.0294. The van der Waals surface area contributed by atoms with Gasteiger partial charge in [-0.1, -0.05) is 24.6 Å². The van der Waals surface area contributed by atoms with Gasteiger partial charge in [-0.25, -0.2) is 4.39 Å². The van der Waals surface area contributed by atoms with Gasteiger partial charge in [-0.2, -0.15) is 13.2 Å². The van der Waals surface area contributed by atoms with Crippen molar-refractivity contribution in [3.63, 3.8) is 0 Å². The summed E-state index contributed by atoms with van der Waals surface area (Å²) in [5.41, 5.74) is -0.316. The molecule has 19 heavy (non-hydrogen) atoms. The van der Waals surface area contributed by atoms with Crippen LogP contribution in [0.5, 0.6) is 0 Å². The predicted octanol–water partition coefficient (Wildman–Crippen LogP) is 3.73. The van der Waals surface area contributed by atoms with Crippen LogP contribution in [0.4, 0.5) is 17.6 Å². The van der Waals surface area contributed by atoms with Crippen LogP contribution < -0.4 is 5.32 Å². The van der Waals surface area contributed by atoms with Crippen LogP contribution in [0.2, 0.25) is 0 Å². The average Bonchev–Trinajstić information content (AvgIpc) is 2.39. The lowest BCUT2D eigenvalue weighted by Gasteiger charge is -2.26. The molecule has 0 aromatic heterocycles. The summed E-state index contributed by atoms with van der Waals surface area (Å²) in [5.74, 6) is 0.